The molecule has 0 unspecified atom stereocenters. The maximum Gasteiger partial charge on any atom is 0.0929 e. The molecule has 6 heteroatoms. The molecule has 0 spiro atoms. The first-order valence-corrected chi connectivity index (χ1v) is 10.0. The summed E-state index contributed by atoms with van der Waals surface area (Å²) in [6, 6.07) is 10.6. The highest BCUT2D eigenvalue weighted by Crippen LogP contribution is 2.15. The van der Waals surface area contributed by atoms with Crippen molar-refractivity contribution in [1.82, 2.24) is 0 Å². The minimum Gasteiger partial charge on any atom is -0.110 e. The van der Waals surface area contributed by atoms with Crippen molar-refractivity contribution in [3.63, 3.8) is 0 Å². The Morgan fingerprint density at radius 2 is 1.17 bits per heavy atom. The van der Waals surface area contributed by atoms with Crippen molar-refractivity contribution in [2.45, 2.75) is 33.8 Å². The topological polar surface area (TPSA) is 0 Å². The summed E-state index contributed by atoms with van der Waals surface area (Å²) in [6.07, 6.45) is 2.08. The van der Waals surface area contributed by atoms with E-state index >= 15 is 0 Å². The second-order valence-corrected chi connectivity index (χ2v) is 10.4. The van der Waals surface area contributed by atoms with E-state index in [-0.39, 0.29) is 8.92 Å². The Morgan fingerprint density at radius 3 is 1.50 bits per heavy atom. The van der Waals surface area contributed by atoms with Gasteiger partial charge in [-0.1, -0.05) is 36.4 Å². The van der Waals surface area contributed by atoms with E-state index in [0.29, 0.717) is 19.0 Å². The number of benzene rings is 1. The molecule has 0 fully saturated rings. The molecule has 1 aromatic carbocycles. The lowest BCUT2D eigenvalue weighted by Crippen LogP contribution is -2.06. The van der Waals surface area contributed by atoms with Crippen LogP contribution in [0.15, 0.2) is 24.3 Å². The lowest BCUT2D eigenvalue weighted by Gasteiger charge is -2.09. The summed E-state index contributed by atoms with van der Waals surface area (Å²) < 4.78 is -0.459. The van der Waals surface area contributed by atoms with Crippen LogP contribution in [0.3, 0.4) is 0 Å². The van der Waals surface area contributed by atoms with Gasteiger partial charge in [-0.15, -0.1) is 46.4 Å². The van der Waals surface area contributed by atoms with E-state index in [1.54, 1.807) is 0 Å². The van der Waals surface area contributed by atoms with Gasteiger partial charge in [-0.25, -0.2) is 0 Å². The van der Waals surface area contributed by atoms with E-state index in [1.807, 2.05) is 0 Å². The summed E-state index contributed by atoms with van der Waals surface area (Å²) >= 11 is 23.0. The van der Waals surface area contributed by atoms with Gasteiger partial charge in [0, 0.05) is 0 Å². The second-order valence-electron chi connectivity index (χ2n) is 3.78. The van der Waals surface area contributed by atoms with Crippen LogP contribution in [0, 0.1) is 0 Å². The molecule has 0 atom stereocenters. The van der Waals surface area contributed by atoms with Crippen LogP contribution in [0.4, 0.5) is 0 Å². The van der Waals surface area contributed by atoms with Gasteiger partial charge in [0.05, 0.1) is 28.0 Å². The number of hydrogen-bond donors (Lipinski definition) is 0. The molecule has 0 heterocycles. The molecule has 0 bridgehead atoms. The lowest BCUT2D eigenvalue weighted by atomic mass is 10.0. The molecule has 0 N–H and O–H groups in total. The van der Waals surface area contributed by atoms with Crippen molar-refractivity contribution < 1.29 is 0 Å². The monoisotopic (exact) mass is 354 g/mol. The predicted octanol–water partition coefficient (Wildman–Crippen LogP) is 4.54. The largest absolute Gasteiger partial charge is 0.110 e. The number of aryl methyl sites for hydroxylation is 2. The van der Waals surface area contributed by atoms with Crippen LogP contribution in [0.25, 0.3) is 0 Å². The van der Waals surface area contributed by atoms with Gasteiger partial charge in [0.1, 0.15) is 0 Å². The Hall–Kier alpha value is 0.814. The van der Waals surface area contributed by atoms with Gasteiger partial charge >= 0.3 is 0 Å². The van der Waals surface area contributed by atoms with Gasteiger partial charge in [0.25, 0.3) is 0 Å². The first-order chi connectivity index (χ1) is 8.59. The van der Waals surface area contributed by atoms with Crippen molar-refractivity contribution >= 4 is 65.4 Å². The first kappa shape index (κ1) is 16.9. The van der Waals surface area contributed by atoms with Gasteiger partial charge in [-0.3, -0.25) is 0 Å². The minimum atomic E-state index is -0.230. The third-order valence-corrected chi connectivity index (χ3v) is 6.05. The Morgan fingerprint density at radius 1 is 0.778 bits per heavy atom. The highest BCUT2D eigenvalue weighted by atomic mass is 35.5. The average Bonchev–Trinajstić information content (AvgIpc) is 2.30. The van der Waals surface area contributed by atoms with Crippen LogP contribution in [0.1, 0.15) is 11.1 Å². The molecule has 0 aromatic heterocycles. The summed E-state index contributed by atoms with van der Waals surface area (Å²) in [6.45, 7) is 0. The zero-order valence-electron chi connectivity index (χ0n) is 9.80. The highest BCUT2D eigenvalue weighted by molar-refractivity contribution is 6.69. The molecule has 0 saturated heterocycles. The SMILES string of the molecule is ClC(Cl)[Si]CCc1ccccc1CC[Si]C(Cl)Cl. The van der Waals surface area contributed by atoms with Gasteiger partial charge < -0.3 is 0 Å². The van der Waals surface area contributed by atoms with Crippen molar-refractivity contribution in [3.8, 4) is 0 Å². The minimum absolute atomic E-state index is 0.230. The smallest absolute Gasteiger partial charge is 0.0929 e. The van der Waals surface area contributed by atoms with Gasteiger partial charge in [-0.2, -0.15) is 0 Å². The number of rotatable bonds is 8. The maximum absolute atomic E-state index is 5.75. The van der Waals surface area contributed by atoms with E-state index < -0.39 is 0 Å². The van der Waals surface area contributed by atoms with E-state index in [2.05, 4.69) is 24.3 Å². The molecule has 0 nitrogen and oxygen atoms in total. The zero-order valence-corrected chi connectivity index (χ0v) is 14.8. The third-order valence-electron chi connectivity index (χ3n) is 2.50. The van der Waals surface area contributed by atoms with Crippen LogP contribution in [-0.4, -0.2) is 28.0 Å². The van der Waals surface area contributed by atoms with Gasteiger partial charge in [0.2, 0.25) is 0 Å². The predicted molar refractivity (Wildman–Crippen MR) is 86.0 cm³/mol. The van der Waals surface area contributed by atoms with Crippen molar-refractivity contribution in [2.75, 3.05) is 0 Å². The molecule has 0 aliphatic heterocycles. The third kappa shape index (κ3) is 7.41. The van der Waals surface area contributed by atoms with Crippen LogP contribution in [-0.2, 0) is 12.8 Å². The fourth-order valence-corrected chi connectivity index (χ4v) is 4.25. The molecule has 0 aliphatic rings. The quantitative estimate of drug-likeness (QED) is 0.474. The Balaban J connectivity index is 2.45. The van der Waals surface area contributed by atoms with Gasteiger partial charge in [-0.05, 0) is 24.0 Å². The highest BCUT2D eigenvalue weighted by Gasteiger charge is 2.06. The van der Waals surface area contributed by atoms with E-state index in [0.717, 1.165) is 24.9 Å². The summed E-state index contributed by atoms with van der Waals surface area (Å²) in [5, 5.41) is 0. The van der Waals surface area contributed by atoms with E-state index in [1.165, 1.54) is 11.1 Å². The first-order valence-electron chi connectivity index (χ1n) is 5.69. The number of alkyl halides is 4. The second kappa shape index (κ2) is 9.68. The molecule has 0 saturated carbocycles. The van der Waals surface area contributed by atoms with Gasteiger partial charge in [0.15, 0.2) is 0 Å². The standard InChI is InChI=1S/C12H14Cl4Si2/c13-11(14)17-7-5-9-3-1-2-4-10(9)6-8-18-12(15)16/h1-4,11-12H,5-8H2. The van der Waals surface area contributed by atoms with Crippen molar-refractivity contribution in [1.29, 1.82) is 0 Å². The average molecular weight is 356 g/mol. The summed E-state index contributed by atoms with van der Waals surface area (Å²) in [4.78, 5) is 0. The molecule has 98 valence electrons. The van der Waals surface area contributed by atoms with Crippen LogP contribution >= 0.6 is 46.4 Å². The molecule has 0 aliphatic carbocycles. The van der Waals surface area contributed by atoms with E-state index in [4.69, 9.17) is 46.4 Å². The molecule has 1 rings (SSSR count). The fraction of sp³-hybridized carbons (Fsp3) is 0.500. The number of halogens is 4. The Bertz CT molecular complexity index is 312. The molecule has 1 aromatic rings. The molecular formula is C12H14Cl4Si2. The lowest BCUT2D eigenvalue weighted by molar-refractivity contribution is 1.02. The normalized spacial score (nSPS) is 11.4. The van der Waals surface area contributed by atoms with Crippen molar-refractivity contribution in [3.05, 3.63) is 35.4 Å². The number of hydrogen-bond acceptors (Lipinski definition) is 0. The van der Waals surface area contributed by atoms with Crippen LogP contribution < -0.4 is 0 Å². The van der Waals surface area contributed by atoms with Crippen LogP contribution in [0.5, 0.6) is 0 Å². The van der Waals surface area contributed by atoms with Crippen LogP contribution in [0.2, 0.25) is 12.1 Å². The Labute approximate surface area is 134 Å². The maximum atomic E-state index is 5.75. The molecular weight excluding hydrogens is 342 g/mol. The van der Waals surface area contributed by atoms with Crippen molar-refractivity contribution in [2.24, 2.45) is 0 Å². The Kier molecular flexibility index (Phi) is 9.07. The molecule has 0 amide bonds. The summed E-state index contributed by atoms with van der Waals surface area (Å²) in [5.41, 5.74) is 2.79. The zero-order chi connectivity index (χ0) is 13.4. The fourth-order valence-electron chi connectivity index (χ4n) is 1.68. The summed E-state index contributed by atoms with van der Waals surface area (Å²) in [5.74, 6) is 0. The summed E-state index contributed by atoms with van der Waals surface area (Å²) in [7, 11) is 1.20. The van der Waals surface area contributed by atoms with E-state index in [9.17, 15) is 0 Å². The molecule has 18 heavy (non-hydrogen) atoms. The molecule has 4 radical (unpaired) electrons.